The number of rotatable bonds is 2. The molecule has 0 bridgehead atoms. The van der Waals surface area contributed by atoms with Crippen molar-refractivity contribution < 1.29 is 12.6 Å². The fourth-order valence-corrected chi connectivity index (χ4v) is 1.97. The minimum Gasteiger partial charge on any atom is -0.387 e. The first-order valence-electron chi connectivity index (χ1n) is 4.56. The van der Waals surface area contributed by atoms with Gasteiger partial charge in [0.15, 0.2) is 0 Å². The predicted molar refractivity (Wildman–Crippen MR) is 51.6 cm³/mol. The minimum absolute atomic E-state index is 0.617. The van der Waals surface area contributed by atoms with Crippen molar-refractivity contribution in [3.63, 3.8) is 0 Å². The van der Waals surface area contributed by atoms with Gasteiger partial charge in [-0.3, -0.25) is 0 Å². The van der Waals surface area contributed by atoms with Crippen LogP contribution in [-0.2, 0) is 14.3 Å². The van der Waals surface area contributed by atoms with Gasteiger partial charge in [-0.1, -0.05) is 6.92 Å². The Morgan fingerprint density at radius 3 is 2.77 bits per heavy atom. The molecule has 76 valence electrons. The molecule has 1 aliphatic carbocycles. The molecule has 1 atom stereocenters. The highest BCUT2D eigenvalue weighted by molar-refractivity contribution is 7.86. The second-order valence-corrected chi connectivity index (χ2v) is 5.25. The lowest BCUT2D eigenvalue weighted by Crippen LogP contribution is -2.02. The van der Waals surface area contributed by atoms with Gasteiger partial charge in [0.05, 0.1) is 6.26 Å². The van der Waals surface area contributed by atoms with Crippen molar-refractivity contribution in [3.8, 4) is 0 Å². The van der Waals surface area contributed by atoms with Gasteiger partial charge in [-0.05, 0) is 31.3 Å². The van der Waals surface area contributed by atoms with Crippen molar-refractivity contribution in [1.29, 1.82) is 0 Å². The predicted octanol–water partition coefficient (Wildman–Crippen LogP) is 2.06. The van der Waals surface area contributed by atoms with Crippen molar-refractivity contribution in [2.24, 2.45) is 5.92 Å². The van der Waals surface area contributed by atoms with E-state index in [1.165, 1.54) is 0 Å². The summed E-state index contributed by atoms with van der Waals surface area (Å²) < 4.78 is 26.5. The molecular weight excluding hydrogens is 188 g/mol. The monoisotopic (exact) mass is 204 g/mol. The zero-order chi connectivity index (χ0) is 9.90. The van der Waals surface area contributed by atoms with Gasteiger partial charge in [-0.15, -0.1) is 0 Å². The van der Waals surface area contributed by atoms with Crippen LogP contribution >= 0.6 is 0 Å². The first-order valence-corrected chi connectivity index (χ1v) is 6.37. The lowest BCUT2D eigenvalue weighted by molar-refractivity contribution is 0.384. The van der Waals surface area contributed by atoms with Gasteiger partial charge in [0.25, 0.3) is 0 Å². The lowest BCUT2D eigenvalue weighted by atomic mass is 10.0. The van der Waals surface area contributed by atoms with E-state index in [0.717, 1.165) is 31.9 Å². The van der Waals surface area contributed by atoms with Crippen LogP contribution in [0.15, 0.2) is 11.8 Å². The van der Waals surface area contributed by atoms with E-state index in [1.54, 1.807) is 0 Å². The van der Waals surface area contributed by atoms with Crippen LogP contribution in [0, 0.1) is 5.92 Å². The molecule has 0 amide bonds. The molecule has 0 unspecified atom stereocenters. The summed E-state index contributed by atoms with van der Waals surface area (Å²) in [5.41, 5.74) is 0. The SMILES string of the molecule is C[C@@H]1CCC=C(OS(C)(=O)=O)CC1. The van der Waals surface area contributed by atoms with E-state index in [9.17, 15) is 8.42 Å². The largest absolute Gasteiger partial charge is 0.387 e. The molecule has 0 aromatic heterocycles. The summed E-state index contributed by atoms with van der Waals surface area (Å²) in [7, 11) is -3.33. The van der Waals surface area contributed by atoms with E-state index in [0.29, 0.717) is 11.7 Å². The fourth-order valence-electron chi connectivity index (χ4n) is 1.43. The third-order valence-electron chi connectivity index (χ3n) is 2.17. The fraction of sp³-hybridized carbons (Fsp3) is 0.778. The molecule has 0 heterocycles. The van der Waals surface area contributed by atoms with Crippen LogP contribution < -0.4 is 0 Å². The molecule has 1 rings (SSSR count). The summed E-state index contributed by atoms with van der Waals surface area (Å²) >= 11 is 0. The van der Waals surface area contributed by atoms with Crippen molar-refractivity contribution in [2.75, 3.05) is 6.26 Å². The highest BCUT2D eigenvalue weighted by Crippen LogP contribution is 2.23. The third-order valence-corrected chi connectivity index (χ3v) is 2.69. The van der Waals surface area contributed by atoms with E-state index >= 15 is 0 Å². The average Bonchev–Trinajstić information content (AvgIpc) is 2.12. The molecule has 0 radical (unpaired) electrons. The molecule has 0 aromatic carbocycles. The van der Waals surface area contributed by atoms with E-state index in [1.807, 2.05) is 6.08 Å². The standard InChI is InChI=1S/C9H16O3S/c1-8-4-3-5-9(7-6-8)12-13(2,10)11/h5,8H,3-4,6-7H2,1-2H3/t8-/m1/s1. The van der Waals surface area contributed by atoms with Crippen molar-refractivity contribution in [1.82, 2.24) is 0 Å². The molecule has 13 heavy (non-hydrogen) atoms. The van der Waals surface area contributed by atoms with Crippen LogP contribution in [0.5, 0.6) is 0 Å². The zero-order valence-electron chi connectivity index (χ0n) is 8.12. The highest BCUT2D eigenvalue weighted by atomic mass is 32.2. The Morgan fingerprint density at radius 2 is 2.15 bits per heavy atom. The second kappa shape index (κ2) is 4.13. The molecule has 1 aliphatic rings. The van der Waals surface area contributed by atoms with Gasteiger partial charge < -0.3 is 4.18 Å². The van der Waals surface area contributed by atoms with Crippen LogP contribution in [0.1, 0.15) is 32.6 Å². The van der Waals surface area contributed by atoms with Crippen molar-refractivity contribution >= 4 is 10.1 Å². The van der Waals surface area contributed by atoms with Crippen LogP contribution in [0.25, 0.3) is 0 Å². The maximum atomic E-state index is 10.8. The minimum atomic E-state index is -3.33. The summed E-state index contributed by atoms with van der Waals surface area (Å²) in [6, 6.07) is 0. The van der Waals surface area contributed by atoms with Crippen LogP contribution in [0.4, 0.5) is 0 Å². The van der Waals surface area contributed by atoms with Gasteiger partial charge >= 0.3 is 10.1 Å². The van der Waals surface area contributed by atoms with Crippen molar-refractivity contribution in [3.05, 3.63) is 11.8 Å². The zero-order valence-corrected chi connectivity index (χ0v) is 8.93. The van der Waals surface area contributed by atoms with E-state index in [2.05, 4.69) is 6.92 Å². The smallest absolute Gasteiger partial charge is 0.305 e. The molecule has 0 aliphatic heterocycles. The number of allylic oxidation sites excluding steroid dienone is 2. The van der Waals surface area contributed by atoms with Gasteiger partial charge in [0, 0.05) is 6.42 Å². The van der Waals surface area contributed by atoms with Crippen molar-refractivity contribution in [2.45, 2.75) is 32.6 Å². The Hall–Kier alpha value is -0.510. The molecule has 4 heteroatoms. The first-order chi connectivity index (χ1) is 5.97. The summed E-state index contributed by atoms with van der Waals surface area (Å²) in [5.74, 6) is 1.28. The molecule has 0 N–H and O–H groups in total. The maximum Gasteiger partial charge on any atom is 0.305 e. The van der Waals surface area contributed by atoms with Crippen LogP contribution in [0.2, 0.25) is 0 Å². The summed E-state index contributed by atoms with van der Waals surface area (Å²) in [6.45, 7) is 2.18. The number of hydrogen-bond donors (Lipinski definition) is 0. The first kappa shape index (κ1) is 10.6. The van der Waals surface area contributed by atoms with Crippen LogP contribution in [-0.4, -0.2) is 14.7 Å². The third kappa shape index (κ3) is 4.31. The highest BCUT2D eigenvalue weighted by Gasteiger charge is 2.12. The van der Waals surface area contributed by atoms with E-state index < -0.39 is 10.1 Å². The van der Waals surface area contributed by atoms with Gasteiger partial charge in [0.1, 0.15) is 5.76 Å². The Morgan fingerprint density at radius 1 is 1.46 bits per heavy atom. The second-order valence-electron chi connectivity index (χ2n) is 3.68. The van der Waals surface area contributed by atoms with E-state index in [-0.39, 0.29) is 0 Å². The average molecular weight is 204 g/mol. The van der Waals surface area contributed by atoms with Gasteiger partial charge in [-0.2, -0.15) is 8.42 Å². The Bertz CT molecular complexity index is 290. The van der Waals surface area contributed by atoms with Crippen LogP contribution in [0.3, 0.4) is 0 Å². The molecule has 0 saturated heterocycles. The topological polar surface area (TPSA) is 43.4 Å². The molecule has 0 fully saturated rings. The quantitative estimate of drug-likeness (QED) is 0.647. The molecule has 0 saturated carbocycles. The molecule has 3 nitrogen and oxygen atoms in total. The van der Waals surface area contributed by atoms with E-state index in [4.69, 9.17) is 4.18 Å². The Balaban J connectivity index is 2.56. The number of hydrogen-bond acceptors (Lipinski definition) is 3. The summed E-state index contributed by atoms with van der Waals surface area (Å²) in [6.07, 6.45) is 6.78. The molecule has 0 spiro atoms. The Kier molecular flexibility index (Phi) is 3.36. The Labute approximate surface area is 79.9 Å². The maximum absolute atomic E-state index is 10.8. The summed E-state index contributed by atoms with van der Waals surface area (Å²) in [5, 5.41) is 0. The lowest BCUT2D eigenvalue weighted by Gasteiger charge is -2.07. The normalized spacial score (nSPS) is 24.8. The molecular formula is C9H16O3S. The summed E-state index contributed by atoms with van der Waals surface area (Å²) in [4.78, 5) is 0. The van der Waals surface area contributed by atoms with Gasteiger partial charge in [-0.25, -0.2) is 0 Å². The van der Waals surface area contributed by atoms with Gasteiger partial charge in [0.2, 0.25) is 0 Å². The molecule has 0 aromatic rings.